The maximum atomic E-state index is 14.8. The predicted molar refractivity (Wildman–Crippen MR) is 160 cm³/mol. The third kappa shape index (κ3) is 11.1. The summed E-state index contributed by atoms with van der Waals surface area (Å²) in [4.78, 5) is 35.5. The fraction of sp³-hybridized carbons (Fsp3) is 0.645. The van der Waals surface area contributed by atoms with E-state index < -0.39 is 35.2 Å². The number of halogens is 1. The van der Waals surface area contributed by atoms with Crippen molar-refractivity contribution in [1.29, 1.82) is 0 Å². The van der Waals surface area contributed by atoms with Crippen molar-refractivity contribution in [2.24, 2.45) is 4.99 Å². The van der Waals surface area contributed by atoms with Crippen LogP contribution in [0.3, 0.4) is 0 Å². The van der Waals surface area contributed by atoms with Gasteiger partial charge in [0.15, 0.2) is 11.6 Å². The first-order valence-corrected chi connectivity index (χ1v) is 15.1. The average Bonchev–Trinajstić information content (AvgIpc) is 3.56. The van der Waals surface area contributed by atoms with Gasteiger partial charge in [0.05, 0.1) is 6.61 Å². The van der Waals surface area contributed by atoms with Gasteiger partial charge in [0.2, 0.25) is 17.7 Å². The van der Waals surface area contributed by atoms with E-state index in [4.69, 9.17) is 18.7 Å². The number of aromatic nitrogens is 2. The highest BCUT2D eigenvalue weighted by Crippen LogP contribution is 2.33. The Kier molecular flexibility index (Phi) is 11.9. The summed E-state index contributed by atoms with van der Waals surface area (Å²) in [6, 6.07) is 4.06. The molecule has 12 heteroatoms. The van der Waals surface area contributed by atoms with Gasteiger partial charge in [-0.05, 0) is 79.0 Å². The van der Waals surface area contributed by atoms with Crippen molar-refractivity contribution < 1.29 is 32.7 Å². The molecule has 3 rings (SSSR count). The molecule has 0 radical (unpaired) electrons. The van der Waals surface area contributed by atoms with E-state index in [1.807, 2.05) is 0 Å². The van der Waals surface area contributed by atoms with Crippen LogP contribution in [-0.2, 0) is 9.47 Å². The summed E-state index contributed by atoms with van der Waals surface area (Å²) >= 11 is 0. The lowest BCUT2D eigenvalue weighted by Crippen LogP contribution is -2.46. The van der Waals surface area contributed by atoms with Crippen LogP contribution in [0.5, 0.6) is 5.75 Å². The van der Waals surface area contributed by atoms with Gasteiger partial charge in [-0.1, -0.05) is 44.2 Å². The number of aliphatic imine (C=N–C) groups is 1. The molecule has 1 aliphatic rings. The minimum Gasteiger partial charge on any atom is -0.491 e. The summed E-state index contributed by atoms with van der Waals surface area (Å²) in [5, 5.41) is 6.64. The smallest absolute Gasteiger partial charge is 0.437 e. The number of carbonyl (C=O) groups is 2. The van der Waals surface area contributed by atoms with Crippen LogP contribution in [0, 0.1) is 5.82 Å². The number of amides is 2. The molecule has 0 saturated carbocycles. The van der Waals surface area contributed by atoms with E-state index in [9.17, 15) is 14.0 Å². The second-order valence-electron chi connectivity index (χ2n) is 12.6. The molecular formula is C31H46FN5O6. The molecule has 1 fully saturated rings. The van der Waals surface area contributed by atoms with Crippen LogP contribution in [0.2, 0.25) is 0 Å². The van der Waals surface area contributed by atoms with E-state index in [0.29, 0.717) is 31.6 Å². The third-order valence-electron chi connectivity index (χ3n) is 6.40. The molecule has 2 amide bonds. The van der Waals surface area contributed by atoms with E-state index in [2.05, 4.69) is 27.4 Å². The quantitative estimate of drug-likeness (QED) is 0.166. The van der Waals surface area contributed by atoms with Gasteiger partial charge in [-0.2, -0.15) is 4.98 Å². The van der Waals surface area contributed by atoms with Crippen LogP contribution in [-0.4, -0.2) is 57.5 Å². The Morgan fingerprint density at radius 1 is 1.07 bits per heavy atom. The Hall–Kier alpha value is -3.70. The molecule has 0 spiro atoms. The fourth-order valence-corrected chi connectivity index (χ4v) is 4.52. The number of likely N-dealkylation sites (tertiary alicyclic amines) is 1. The molecule has 1 saturated heterocycles. The Morgan fingerprint density at radius 3 is 2.44 bits per heavy atom. The lowest BCUT2D eigenvalue weighted by molar-refractivity contribution is 0.0553. The molecule has 2 aromatic rings. The lowest BCUT2D eigenvalue weighted by atomic mass is 10.1. The van der Waals surface area contributed by atoms with Gasteiger partial charge >= 0.3 is 12.2 Å². The van der Waals surface area contributed by atoms with Crippen LogP contribution < -0.4 is 10.1 Å². The number of benzene rings is 1. The van der Waals surface area contributed by atoms with Crippen molar-refractivity contribution >= 4 is 18.1 Å². The van der Waals surface area contributed by atoms with Gasteiger partial charge in [-0.25, -0.2) is 14.0 Å². The summed E-state index contributed by atoms with van der Waals surface area (Å²) in [6.07, 6.45) is 6.37. The number of unbranched alkanes of at least 4 members (excludes halogenated alkanes) is 5. The summed E-state index contributed by atoms with van der Waals surface area (Å²) in [5.74, 6) is 0.0571. The molecule has 238 valence electrons. The molecule has 43 heavy (non-hydrogen) atoms. The zero-order valence-electron chi connectivity index (χ0n) is 26.5. The van der Waals surface area contributed by atoms with E-state index in [-0.39, 0.29) is 23.4 Å². The van der Waals surface area contributed by atoms with Gasteiger partial charge in [0, 0.05) is 12.1 Å². The van der Waals surface area contributed by atoms with Crippen LogP contribution >= 0.6 is 0 Å². The van der Waals surface area contributed by atoms with Crippen molar-refractivity contribution in [2.45, 2.75) is 117 Å². The number of ether oxygens (including phenoxy) is 3. The SMILES string of the molecule is CCCCCCCCOc1ccc(-c2noc(C3CCCN3C(=NC(=O)OC(C)(C)C)NC(=O)OC(C)(C)C)n2)cc1F. The van der Waals surface area contributed by atoms with Crippen molar-refractivity contribution in [3.8, 4) is 17.1 Å². The first-order chi connectivity index (χ1) is 20.3. The molecule has 1 aliphatic heterocycles. The molecule has 2 heterocycles. The molecule has 1 unspecified atom stereocenters. The van der Waals surface area contributed by atoms with Gasteiger partial charge < -0.3 is 23.6 Å². The molecule has 1 aromatic heterocycles. The lowest BCUT2D eigenvalue weighted by Gasteiger charge is -2.27. The summed E-state index contributed by atoms with van der Waals surface area (Å²) < 4.78 is 36.8. The minimum atomic E-state index is -0.871. The van der Waals surface area contributed by atoms with Crippen LogP contribution in [0.1, 0.15) is 112 Å². The summed E-state index contributed by atoms with van der Waals surface area (Å²) in [5.41, 5.74) is -1.12. The standard InChI is InChI=1S/C31H46FN5O6/c1-8-9-10-11-12-13-19-40-24-17-16-21(20-22(24)32)25-33-26(43-36-25)23-15-14-18-37(23)27(34-28(38)41-30(2,3)4)35-29(39)42-31(5,6)7/h16-17,20,23H,8-15,18-19H2,1-7H3,(H,34,35,38,39). The zero-order chi connectivity index (χ0) is 31.6. The normalized spacial score (nSPS) is 15.9. The maximum absolute atomic E-state index is 14.8. The number of carbonyl (C=O) groups excluding carboxylic acids is 2. The van der Waals surface area contributed by atoms with Crippen molar-refractivity contribution in [2.75, 3.05) is 13.2 Å². The second kappa shape index (κ2) is 15.2. The largest absolute Gasteiger partial charge is 0.491 e. The number of hydrogen-bond donors (Lipinski definition) is 1. The Labute approximate surface area is 253 Å². The van der Waals surface area contributed by atoms with Crippen molar-refractivity contribution in [1.82, 2.24) is 20.4 Å². The minimum absolute atomic E-state index is 0.0522. The molecular weight excluding hydrogens is 557 g/mol. The van der Waals surface area contributed by atoms with Gasteiger partial charge in [0.1, 0.15) is 17.2 Å². The Bertz CT molecular complexity index is 1250. The highest BCUT2D eigenvalue weighted by molar-refractivity contribution is 5.99. The Morgan fingerprint density at radius 2 is 1.77 bits per heavy atom. The number of alkyl carbamates (subject to hydrolysis) is 1. The molecule has 11 nitrogen and oxygen atoms in total. The van der Waals surface area contributed by atoms with Crippen LogP contribution in [0.4, 0.5) is 14.0 Å². The number of hydrogen-bond acceptors (Lipinski definition) is 8. The molecule has 1 atom stereocenters. The summed E-state index contributed by atoms with van der Waals surface area (Å²) in [6.45, 7) is 13.4. The molecule has 0 bridgehead atoms. The van der Waals surface area contributed by atoms with Crippen LogP contribution in [0.15, 0.2) is 27.7 Å². The maximum Gasteiger partial charge on any atom is 0.437 e. The molecule has 1 N–H and O–H groups in total. The van der Waals surface area contributed by atoms with E-state index in [1.165, 1.54) is 25.3 Å². The highest BCUT2D eigenvalue weighted by Gasteiger charge is 2.35. The first kappa shape index (κ1) is 33.8. The topological polar surface area (TPSA) is 128 Å². The number of guanidine groups is 1. The fourth-order valence-electron chi connectivity index (χ4n) is 4.52. The number of rotatable bonds is 10. The number of nitrogens with zero attached hydrogens (tertiary/aromatic N) is 4. The van der Waals surface area contributed by atoms with Crippen LogP contribution in [0.25, 0.3) is 11.4 Å². The Balaban J connectivity index is 1.73. The monoisotopic (exact) mass is 603 g/mol. The van der Waals surface area contributed by atoms with Gasteiger partial charge in [-0.3, -0.25) is 5.32 Å². The van der Waals surface area contributed by atoms with E-state index in [1.54, 1.807) is 58.6 Å². The molecule has 0 aliphatic carbocycles. The summed E-state index contributed by atoms with van der Waals surface area (Å²) in [7, 11) is 0. The number of nitrogens with one attached hydrogen (secondary N) is 1. The van der Waals surface area contributed by atoms with Crippen molar-refractivity contribution in [3.05, 3.63) is 29.9 Å². The van der Waals surface area contributed by atoms with Crippen molar-refractivity contribution in [3.63, 3.8) is 0 Å². The average molecular weight is 604 g/mol. The van der Waals surface area contributed by atoms with E-state index >= 15 is 0 Å². The van der Waals surface area contributed by atoms with Gasteiger partial charge in [0.25, 0.3) is 0 Å². The third-order valence-corrected chi connectivity index (χ3v) is 6.40. The zero-order valence-corrected chi connectivity index (χ0v) is 26.5. The van der Waals surface area contributed by atoms with Gasteiger partial charge in [-0.15, -0.1) is 4.99 Å². The van der Waals surface area contributed by atoms with E-state index in [0.717, 1.165) is 19.3 Å². The molecule has 1 aromatic carbocycles. The second-order valence-corrected chi connectivity index (χ2v) is 12.6. The predicted octanol–water partition coefficient (Wildman–Crippen LogP) is 7.57. The highest BCUT2D eigenvalue weighted by atomic mass is 19.1. The first-order valence-electron chi connectivity index (χ1n) is 15.1.